The van der Waals surface area contributed by atoms with Gasteiger partial charge in [0.2, 0.25) is 5.91 Å². The Balaban J connectivity index is 4.43. The van der Waals surface area contributed by atoms with Crippen LogP contribution in [0.2, 0.25) is 0 Å². The van der Waals surface area contributed by atoms with Gasteiger partial charge in [0, 0.05) is 12.1 Å². The highest BCUT2D eigenvalue weighted by atomic mass is 79.9. The summed E-state index contributed by atoms with van der Waals surface area (Å²) in [7, 11) is 0. The second-order valence-corrected chi connectivity index (χ2v) is 4.16. The summed E-state index contributed by atoms with van der Waals surface area (Å²) < 4.78 is 0. The molecular weight excluding hydrogens is 218 g/mol. The van der Waals surface area contributed by atoms with Crippen molar-refractivity contribution in [2.75, 3.05) is 11.9 Å². The number of carbonyl (C=O) groups excluding carboxylic acids is 1. The summed E-state index contributed by atoms with van der Waals surface area (Å²) in [6.07, 6.45) is 1.74. The maximum atomic E-state index is 11.4. The lowest BCUT2D eigenvalue weighted by molar-refractivity contribution is -0.132. The van der Waals surface area contributed by atoms with Crippen molar-refractivity contribution in [3.63, 3.8) is 0 Å². The average Bonchev–Trinajstić information content (AvgIpc) is 1.96. The maximum Gasteiger partial charge on any atom is 0.233 e. The molecule has 0 aromatic rings. The fourth-order valence-corrected chi connectivity index (χ4v) is 1.25. The second-order valence-electron chi connectivity index (χ2n) is 3.60. The van der Waals surface area contributed by atoms with Crippen molar-refractivity contribution >= 4 is 21.8 Å². The van der Waals surface area contributed by atoms with Crippen molar-refractivity contribution in [1.29, 1.82) is 0 Å². The van der Waals surface area contributed by atoms with E-state index in [9.17, 15) is 4.79 Å². The number of hydrogen-bond donors (Lipinski definition) is 0. The van der Waals surface area contributed by atoms with E-state index >= 15 is 0 Å². The Hall–Kier alpha value is -0.310. The van der Waals surface area contributed by atoms with Crippen LogP contribution in [0.15, 0.2) is 12.7 Å². The SMILES string of the molecule is C=CCN(C(=O)CBr)C(C)(C)C. The molecule has 1 amide bonds. The van der Waals surface area contributed by atoms with Gasteiger partial charge in [0.05, 0.1) is 5.33 Å². The summed E-state index contributed by atoms with van der Waals surface area (Å²) >= 11 is 3.15. The third-order valence-corrected chi connectivity index (χ3v) is 2.02. The molecule has 0 saturated carbocycles. The van der Waals surface area contributed by atoms with E-state index in [1.54, 1.807) is 11.0 Å². The van der Waals surface area contributed by atoms with Crippen LogP contribution in [0.4, 0.5) is 0 Å². The molecule has 0 aromatic carbocycles. The van der Waals surface area contributed by atoms with Gasteiger partial charge in [-0.2, -0.15) is 0 Å². The van der Waals surface area contributed by atoms with Gasteiger partial charge in [0.1, 0.15) is 0 Å². The first kappa shape index (κ1) is 11.7. The predicted octanol–water partition coefficient (Wildman–Crippen LogP) is 2.19. The molecule has 70 valence electrons. The number of nitrogens with zero attached hydrogens (tertiary/aromatic N) is 1. The van der Waals surface area contributed by atoms with Crippen molar-refractivity contribution in [1.82, 2.24) is 4.90 Å². The molecule has 0 saturated heterocycles. The highest BCUT2D eigenvalue weighted by Crippen LogP contribution is 2.13. The largest absolute Gasteiger partial charge is 0.333 e. The second kappa shape index (κ2) is 4.65. The summed E-state index contributed by atoms with van der Waals surface area (Å²) in [4.78, 5) is 13.2. The maximum absolute atomic E-state index is 11.4. The zero-order valence-corrected chi connectivity index (χ0v) is 9.52. The summed E-state index contributed by atoms with van der Waals surface area (Å²) in [5.74, 6) is 0.0994. The third-order valence-electron chi connectivity index (χ3n) is 1.54. The van der Waals surface area contributed by atoms with E-state index in [0.717, 1.165) is 0 Å². The molecule has 0 bridgehead atoms. The number of amides is 1. The van der Waals surface area contributed by atoms with E-state index in [1.165, 1.54) is 0 Å². The van der Waals surface area contributed by atoms with E-state index in [4.69, 9.17) is 0 Å². The Morgan fingerprint density at radius 3 is 2.33 bits per heavy atom. The van der Waals surface area contributed by atoms with Crippen LogP contribution in [-0.2, 0) is 4.79 Å². The molecule has 0 fully saturated rings. The molecule has 0 aromatic heterocycles. The lowest BCUT2D eigenvalue weighted by Gasteiger charge is -2.34. The Bertz CT molecular complexity index is 172. The minimum atomic E-state index is -0.126. The molecule has 0 aliphatic rings. The molecule has 0 spiro atoms. The molecular formula is C9H16BrNO. The molecule has 0 heterocycles. The van der Waals surface area contributed by atoms with Gasteiger partial charge in [0.15, 0.2) is 0 Å². The molecule has 0 atom stereocenters. The minimum absolute atomic E-state index is 0.0994. The Morgan fingerprint density at radius 2 is 2.08 bits per heavy atom. The molecule has 0 aliphatic carbocycles. The standard InChI is InChI=1S/C9H16BrNO/c1-5-6-11(8(12)7-10)9(2,3)4/h5H,1,6-7H2,2-4H3. The monoisotopic (exact) mass is 233 g/mol. The van der Waals surface area contributed by atoms with Gasteiger partial charge in [0.25, 0.3) is 0 Å². The molecule has 2 nitrogen and oxygen atoms in total. The van der Waals surface area contributed by atoms with Gasteiger partial charge in [-0.3, -0.25) is 4.79 Å². The van der Waals surface area contributed by atoms with E-state index in [1.807, 2.05) is 20.8 Å². The molecule has 0 radical (unpaired) electrons. The van der Waals surface area contributed by atoms with E-state index in [-0.39, 0.29) is 11.4 Å². The van der Waals surface area contributed by atoms with Crippen molar-refractivity contribution in [2.45, 2.75) is 26.3 Å². The van der Waals surface area contributed by atoms with Crippen molar-refractivity contribution in [3.05, 3.63) is 12.7 Å². The lowest BCUT2D eigenvalue weighted by atomic mass is 10.1. The molecule has 3 heteroatoms. The normalized spacial score (nSPS) is 11.0. The van der Waals surface area contributed by atoms with Crippen molar-refractivity contribution in [2.24, 2.45) is 0 Å². The molecule has 12 heavy (non-hydrogen) atoms. The van der Waals surface area contributed by atoms with Gasteiger partial charge in [-0.1, -0.05) is 22.0 Å². The molecule has 0 rings (SSSR count). The average molecular weight is 234 g/mol. The highest BCUT2D eigenvalue weighted by molar-refractivity contribution is 9.09. The van der Waals surface area contributed by atoms with Crippen LogP contribution < -0.4 is 0 Å². The van der Waals surface area contributed by atoms with E-state index in [2.05, 4.69) is 22.5 Å². The Kier molecular flexibility index (Phi) is 4.53. The molecule has 0 unspecified atom stereocenters. The summed E-state index contributed by atoms with van der Waals surface area (Å²) in [5.41, 5.74) is -0.126. The van der Waals surface area contributed by atoms with Crippen LogP contribution in [-0.4, -0.2) is 28.2 Å². The Labute approximate surface area is 82.8 Å². The zero-order chi connectivity index (χ0) is 9.78. The number of halogens is 1. The first-order chi connectivity index (χ1) is 5.43. The first-order valence-electron chi connectivity index (χ1n) is 3.90. The smallest absolute Gasteiger partial charge is 0.233 e. The van der Waals surface area contributed by atoms with Crippen LogP contribution in [0.1, 0.15) is 20.8 Å². The third kappa shape index (κ3) is 3.39. The topological polar surface area (TPSA) is 20.3 Å². The fourth-order valence-electron chi connectivity index (χ4n) is 0.951. The fraction of sp³-hybridized carbons (Fsp3) is 0.667. The zero-order valence-electron chi connectivity index (χ0n) is 7.93. The van der Waals surface area contributed by atoms with Crippen LogP contribution in [0.5, 0.6) is 0 Å². The molecule has 0 N–H and O–H groups in total. The highest BCUT2D eigenvalue weighted by Gasteiger charge is 2.23. The number of alkyl halides is 1. The van der Waals surface area contributed by atoms with Gasteiger partial charge >= 0.3 is 0 Å². The van der Waals surface area contributed by atoms with E-state index in [0.29, 0.717) is 11.9 Å². The summed E-state index contributed by atoms with van der Waals surface area (Å²) in [6.45, 7) is 10.3. The minimum Gasteiger partial charge on any atom is -0.333 e. The molecule has 0 aliphatic heterocycles. The number of carbonyl (C=O) groups is 1. The predicted molar refractivity (Wildman–Crippen MR) is 55.5 cm³/mol. The van der Waals surface area contributed by atoms with Crippen LogP contribution in [0.25, 0.3) is 0 Å². The Morgan fingerprint density at radius 1 is 1.58 bits per heavy atom. The number of hydrogen-bond acceptors (Lipinski definition) is 1. The van der Waals surface area contributed by atoms with Gasteiger partial charge in [-0.25, -0.2) is 0 Å². The van der Waals surface area contributed by atoms with Gasteiger partial charge < -0.3 is 4.90 Å². The summed E-state index contributed by atoms with van der Waals surface area (Å²) in [5, 5.41) is 0.373. The van der Waals surface area contributed by atoms with Gasteiger partial charge in [-0.15, -0.1) is 6.58 Å². The van der Waals surface area contributed by atoms with Crippen LogP contribution in [0.3, 0.4) is 0 Å². The lowest BCUT2D eigenvalue weighted by Crippen LogP contribution is -2.46. The number of rotatable bonds is 3. The van der Waals surface area contributed by atoms with Crippen LogP contribution >= 0.6 is 15.9 Å². The van der Waals surface area contributed by atoms with Crippen molar-refractivity contribution in [3.8, 4) is 0 Å². The van der Waals surface area contributed by atoms with Gasteiger partial charge in [-0.05, 0) is 20.8 Å². The summed E-state index contributed by atoms with van der Waals surface area (Å²) in [6, 6.07) is 0. The quantitative estimate of drug-likeness (QED) is 0.541. The van der Waals surface area contributed by atoms with E-state index < -0.39 is 0 Å². The van der Waals surface area contributed by atoms with Crippen LogP contribution in [0, 0.1) is 0 Å². The van der Waals surface area contributed by atoms with Crippen molar-refractivity contribution < 1.29 is 4.79 Å². The first-order valence-corrected chi connectivity index (χ1v) is 5.03.